The SMILES string of the molecule is CC(C)(O)c1cn(CCc2ccccn2)nn1. The number of pyridine rings is 1. The lowest BCUT2D eigenvalue weighted by molar-refractivity contribution is 0.0737. The predicted molar refractivity (Wildman–Crippen MR) is 63.2 cm³/mol. The molecule has 0 saturated heterocycles. The molecule has 2 aromatic heterocycles. The van der Waals surface area contributed by atoms with E-state index in [9.17, 15) is 5.11 Å². The molecule has 0 aliphatic rings. The lowest BCUT2D eigenvalue weighted by Crippen LogP contribution is -2.15. The van der Waals surface area contributed by atoms with E-state index >= 15 is 0 Å². The summed E-state index contributed by atoms with van der Waals surface area (Å²) in [5.74, 6) is 0. The molecular weight excluding hydrogens is 216 g/mol. The minimum Gasteiger partial charge on any atom is -0.384 e. The molecule has 0 saturated carbocycles. The zero-order chi connectivity index (χ0) is 12.3. The fourth-order valence-corrected chi connectivity index (χ4v) is 1.46. The van der Waals surface area contributed by atoms with Crippen molar-refractivity contribution >= 4 is 0 Å². The van der Waals surface area contributed by atoms with E-state index in [-0.39, 0.29) is 0 Å². The molecule has 0 bridgehead atoms. The van der Waals surface area contributed by atoms with Gasteiger partial charge in [0.05, 0.1) is 6.20 Å². The van der Waals surface area contributed by atoms with Crippen LogP contribution in [0.1, 0.15) is 25.2 Å². The zero-order valence-corrected chi connectivity index (χ0v) is 10.0. The van der Waals surface area contributed by atoms with E-state index in [1.54, 1.807) is 30.9 Å². The molecule has 0 amide bonds. The molecule has 0 atom stereocenters. The number of nitrogens with zero attached hydrogens (tertiary/aromatic N) is 4. The highest BCUT2D eigenvalue weighted by atomic mass is 16.3. The Morgan fingerprint density at radius 1 is 1.35 bits per heavy atom. The van der Waals surface area contributed by atoms with Gasteiger partial charge in [0.1, 0.15) is 11.3 Å². The number of aliphatic hydroxyl groups is 1. The molecular formula is C12H16N4O. The second-order valence-electron chi connectivity index (χ2n) is 4.50. The van der Waals surface area contributed by atoms with E-state index < -0.39 is 5.60 Å². The van der Waals surface area contributed by atoms with Crippen molar-refractivity contribution in [2.75, 3.05) is 0 Å². The average molecular weight is 232 g/mol. The van der Waals surface area contributed by atoms with Crippen LogP contribution in [0.5, 0.6) is 0 Å². The molecule has 5 heteroatoms. The maximum Gasteiger partial charge on any atom is 0.114 e. The lowest BCUT2D eigenvalue weighted by atomic mass is 10.1. The Morgan fingerprint density at radius 3 is 2.76 bits per heavy atom. The summed E-state index contributed by atoms with van der Waals surface area (Å²) >= 11 is 0. The first-order valence-electron chi connectivity index (χ1n) is 5.58. The van der Waals surface area contributed by atoms with Crippen LogP contribution >= 0.6 is 0 Å². The van der Waals surface area contributed by atoms with Crippen LogP contribution in [0.3, 0.4) is 0 Å². The molecule has 2 aromatic rings. The Morgan fingerprint density at radius 2 is 2.18 bits per heavy atom. The second-order valence-corrected chi connectivity index (χ2v) is 4.50. The number of rotatable bonds is 4. The standard InChI is InChI=1S/C12H16N4O/c1-12(2,17)11-9-16(15-14-11)8-6-10-5-3-4-7-13-10/h3-5,7,9,17H,6,8H2,1-2H3. The molecule has 0 radical (unpaired) electrons. The molecule has 0 fully saturated rings. The first kappa shape index (κ1) is 11.7. The van der Waals surface area contributed by atoms with Crippen LogP contribution in [0.25, 0.3) is 0 Å². The summed E-state index contributed by atoms with van der Waals surface area (Å²) in [6, 6.07) is 5.84. The molecule has 0 unspecified atom stereocenters. The van der Waals surface area contributed by atoms with Gasteiger partial charge in [0.25, 0.3) is 0 Å². The average Bonchev–Trinajstić information content (AvgIpc) is 2.76. The van der Waals surface area contributed by atoms with Gasteiger partial charge in [-0.3, -0.25) is 9.67 Å². The largest absolute Gasteiger partial charge is 0.384 e. The van der Waals surface area contributed by atoms with Crippen molar-refractivity contribution in [3.63, 3.8) is 0 Å². The molecule has 2 rings (SSSR count). The summed E-state index contributed by atoms with van der Waals surface area (Å²) in [6.07, 6.45) is 4.34. The number of aryl methyl sites for hydroxylation is 2. The van der Waals surface area contributed by atoms with Crippen LogP contribution in [0.4, 0.5) is 0 Å². The zero-order valence-electron chi connectivity index (χ0n) is 10.0. The highest BCUT2D eigenvalue weighted by Gasteiger charge is 2.19. The molecule has 0 aliphatic carbocycles. The van der Waals surface area contributed by atoms with Gasteiger partial charge in [-0.05, 0) is 26.0 Å². The van der Waals surface area contributed by atoms with Crippen LogP contribution in [-0.4, -0.2) is 25.1 Å². The Labute approximate surface area is 100 Å². The maximum atomic E-state index is 9.76. The minimum atomic E-state index is -0.941. The van der Waals surface area contributed by atoms with Crippen LogP contribution in [0, 0.1) is 0 Å². The summed E-state index contributed by atoms with van der Waals surface area (Å²) in [5.41, 5.74) is 0.662. The van der Waals surface area contributed by atoms with E-state index in [0.717, 1.165) is 12.1 Å². The second kappa shape index (κ2) is 4.63. The molecule has 1 N–H and O–H groups in total. The third-order valence-corrected chi connectivity index (χ3v) is 2.49. The van der Waals surface area contributed by atoms with E-state index in [2.05, 4.69) is 15.3 Å². The van der Waals surface area contributed by atoms with Gasteiger partial charge in [0.2, 0.25) is 0 Å². The van der Waals surface area contributed by atoms with Gasteiger partial charge in [0, 0.05) is 24.9 Å². The van der Waals surface area contributed by atoms with Crippen molar-refractivity contribution in [1.82, 2.24) is 20.0 Å². The van der Waals surface area contributed by atoms with Crippen LogP contribution in [0.15, 0.2) is 30.6 Å². The first-order chi connectivity index (χ1) is 8.05. The van der Waals surface area contributed by atoms with Gasteiger partial charge in [-0.2, -0.15) is 0 Å². The van der Waals surface area contributed by atoms with Crippen molar-refractivity contribution in [2.45, 2.75) is 32.4 Å². The summed E-state index contributed by atoms with van der Waals surface area (Å²) in [5, 5.41) is 17.7. The van der Waals surface area contributed by atoms with Crippen molar-refractivity contribution < 1.29 is 5.11 Å². The van der Waals surface area contributed by atoms with E-state index in [1.165, 1.54) is 0 Å². The summed E-state index contributed by atoms with van der Waals surface area (Å²) in [6.45, 7) is 4.10. The Kier molecular flexibility index (Phi) is 3.19. The summed E-state index contributed by atoms with van der Waals surface area (Å²) in [7, 11) is 0. The van der Waals surface area contributed by atoms with Gasteiger partial charge in [-0.1, -0.05) is 11.3 Å². The van der Waals surface area contributed by atoms with Crippen molar-refractivity contribution in [2.24, 2.45) is 0 Å². The molecule has 90 valence electrons. The summed E-state index contributed by atoms with van der Waals surface area (Å²) in [4.78, 5) is 4.24. The van der Waals surface area contributed by atoms with Crippen LogP contribution in [-0.2, 0) is 18.6 Å². The Balaban J connectivity index is 1.99. The van der Waals surface area contributed by atoms with Crippen molar-refractivity contribution in [3.05, 3.63) is 42.0 Å². The fraction of sp³-hybridized carbons (Fsp3) is 0.417. The Hall–Kier alpha value is -1.75. The van der Waals surface area contributed by atoms with E-state index in [0.29, 0.717) is 12.2 Å². The number of hydrogen-bond donors (Lipinski definition) is 1. The van der Waals surface area contributed by atoms with Gasteiger partial charge in [-0.15, -0.1) is 5.10 Å². The number of hydrogen-bond acceptors (Lipinski definition) is 4. The predicted octanol–water partition coefficient (Wildman–Crippen LogP) is 1.14. The summed E-state index contributed by atoms with van der Waals surface area (Å²) < 4.78 is 1.72. The van der Waals surface area contributed by atoms with Crippen molar-refractivity contribution in [3.8, 4) is 0 Å². The Bertz CT molecular complexity index is 473. The van der Waals surface area contributed by atoms with Gasteiger partial charge in [0.15, 0.2) is 0 Å². The third-order valence-electron chi connectivity index (χ3n) is 2.49. The van der Waals surface area contributed by atoms with E-state index in [1.807, 2.05) is 18.2 Å². The first-order valence-corrected chi connectivity index (χ1v) is 5.58. The third kappa shape index (κ3) is 3.10. The normalized spacial score (nSPS) is 11.7. The molecule has 5 nitrogen and oxygen atoms in total. The smallest absolute Gasteiger partial charge is 0.114 e. The molecule has 0 aromatic carbocycles. The van der Waals surface area contributed by atoms with Crippen molar-refractivity contribution in [1.29, 1.82) is 0 Å². The molecule has 17 heavy (non-hydrogen) atoms. The lowest BCUT2D eigenvalue weighted by Gasteiger charge is -2.11. The quantitative estimate of drug-likeness (QED) is 0.858. The van der Waals surface area contributed by atoms with Gasteiger partial charge >= 0.3 is 0 Å². The van der Waals surface area contributed by atoms with Crippen LogP contribution < -0.4 is 0 Å². The molecule has 2 heterocycles. The molecule has 0 aliphatic heterocycles. The van der Waals surface area contributed by atoms with Gasteiger partial charge < -0.3 is 5.11 Å². The maximum absolute atomic E-state index is 9.76. The fourth-order valence-electron chi connectivity index (χ4n) is 1.46. The topological polar surface area (TPSA) is 63.8 Å². The molecule has 0 spiro atoms. The van der Waals surface area contributed by atoms with E-state index in [4.69, 9.17) is 0 Å². The van der Waals surface area contributed by atoms with Crippen LogP contribution in [0.2, 0.25) is 0 Å². The monoisotopic (exact) mass is 232 g/mol. The highest BCUT2D eigenvalue weighted by molar-refractivity contribution is 5.05. The highest BCUT2D eigenvalue weighted by Crippen LogP contribution is 2.15. The number of aromatic nitrogens is 4. The minimum absolute atomic E-state index is 0.582. The van der Waals surface area contributed by atoms with Gasteiger partial charge in [-0.25, -0.2) is 0 Å².